The fourth-order valence-electron chi connectivity index (χ4n) is 2.69. The molecule has 1 fully saturated rings. The molecular formula is C17H22N2O4. The molecule has 1 aliphatic rings. The zero-order valence-electron chi connectivity index (χ0n) is 13.0. The standard InChI is InChI=1S/C17H22N2O4/c20-15(8-4-10-19-11-5-9-16(19)21)18-14(17(22)23)12-13-6-2-1-3-7-13/h1-3,6-7,14H,4-5,8-12H2,(H,18,20)(H,22,23). The number of carbonyl (C=O) groups is 3. The van der Waals surface area contributed by atoms with Crippen LogP contribution in [-0.2, 0) is 20.8 Å². The second-order valence-corrected chi connectivity index (χ2v) is 5.74. The summed E-state index contributed by atoms with van der Waals surface area (Å²) in [7, 11) is 0. The maximum absolute atomic E-state index is 11.9. The first-order valence-corrected chi connectivity index (χ1v) is 7.90. The van der Waals surface area contributed by atoms with E-state index in [0.29, 0.717) is 19.4 Å². The highest BCUT2D eigenvalue weighted by molar-refractivity contribution is 5.83. The molecule has 1 aromatic rings. The van der Waals surface area contributed by atoms with Crippen LogP contribution in [0.15, 0.2) is 30.3 Å². The van der Waals surface area contributed by atoms with Crippen molar-refractivity contribution in [2.75, 3.05) is 13.1 Å². The second kappa shape index (κ2) is 8.31. The number of amides is 2. The van der Waals surface area contributed by atoms with Crippen molar-refractivity contribution >= 4 is 17.8 Å². The fourth-order valence-corrected chi connectivity index (χ4v) is 2.69. The van der Waals surface area contributed by atoms with Crippen LogP contribution in [0.5, 0.6) is 0 Å². The Morgan fingerprint density at radius 3 is 2.61 bits per heavy atom. The SMILES string of the molecule is O=C(CCCN1CCCC1=O)NC(Cc1ccccc1)C(=O)O. The maximum Gasteiger partial charge on any atom is 0.326 e. The fraction of sp³-hybridized carbons (Fsp3) is 0.471. The van der Waals surface area contributed by atoms with Crippen LogP contribution in [0.4, 0.5) is 0 Å². The van der Waals surface area contributed by atoms with Gasteiger partial charge in [0.25, 0.3) is 0 Å². The van der Waals surface area contributed by atoms with Crippen molar-refractivity contribution in [2.24, 2.45) is 0 Å². The van der Waals surface area contributed by atoms with Crippen LogP contribution >= 0.6 is 0 Å². The monoisotopic (exact) mass is 318 g/mol. The predicted octanol–water partition coefficient (Wildman–Crippen LogP) is 1.20. The number of carboxylic acid groups (broad SMARTS) is 1. The highest BCUT2D eigenvalue weighted by atomic mass is 16.4. The van der Waals surface area contributed by atoms with Gasteiger partial charge in [0.1, 0.15) is 6.04 Å². The number of hydrogen-bond donors (Lipinski definition) is 2. The number of likely N-dealkylation sites (tertiary alicyclic amines) is 1. The van der Waals surface area contributed by atoms with E-state index in [1.54, 1.807) is 4.90 Å². The summed E-state index contributed by atoms with van der Waals surface area (Å²) < 4.78 is 0. The normalized spacial score (nSPS) is 15.5. The first kappa shape index (κ1) is 17.0. The molecule has 23 heavy (non-hydrogen) atoms. The van der Waals surface area contributed by atoms with E-state index in [4.69, 9.17) is 0 Å². The summed E-state index contributed by atoms with van der Waals surface area (Å²) in [6.07, 6.45) is 2.50. The van der Waals surface area contributed by atoms with Gasteiger partial charge in [-0.25, -0.2) is 4.79 Å². The number of aliphatic carboxylic acids is 1. The Balaban J connectivity index is 1.76. The Labute approximate surface area is 135 Å². The highest BCUT2D eigenvalue weighted by Gasteiger charge is 2.22. The molecule has 0 aromatic heterocycles. The average Bonchev–Trinajstić information content (AvgIpc) is 2.93. The molecule has 1 heterocycles. The molecule has 1 aliphatic heterocycles. The van der Waals surface area contributed by atoms with Gasteiger partial charge in [-0.3, -0.25) is 9.59 Å². The lowest BCUT2D eigenvalue weighted by Gasteiger charge is -2.17. The number of benzene rings is 1. The molecule has 1 unspecified atom stereocenters. The van der Waals surface area contributed by atoms with Gasteiger partial charge in [-0.1, -0.05) is 30.3 Å². The molecule has 0 saturated carbocycles. The van der Waals surface area contributed by atoms with E-state index < -0.39 is 12.0 Å². The Morgan fingerprint density at radius 1 is 1.26 bits per heavy atom. The van der Waals surface area contributed by atoms with E-state index in [-0.39, 0.29) is 24.7 Å². The number of nitrogens with one attached hydrogen (secondary N) is 1. The van der Waals surface area contributed by atoms with Gasteiger partial charge < -0.3 is 15.3 Å². The van der Waals surface area contributed by atoms with Gasteiger partial charge in [-0.15, -0.1) is 0 Å². The third-order valence-electron chi connectivity index (χ3n) is 3.92. The Hall–Kier alpha value is -2.37. The van der Waals surface area contributed by atoms with E-state index in [2.05, 4.69) is 5.32 Å². The molecule has 0 radical (unpaired) electrons. The topological polar surface area (TPSA) is 86.7 Å². The van der Waals surface area contributed by atoms with E-state index in [1.807, 2.05) is 30.3 Å². The molecule has 1 saturated heterocycles. The third-order valence-corrected chi connectivity index (χ3v) is 3.92. The third kappa shape index (κ3) is 5.39. The summed E-state index contributed by atoms with van der Waals surface area (Å²) in [5, 5.41) is 11.8. The number of rotatable bonds is 8. The van der Waals surface area contributed by atoms with Gasteiger partial charge in [0.2, 0.25) is 11.8 Å². The molecule has 6 heteroatoms. The average molecular weight is 318 g/mol. The smallest absolute Gasteiger partial charge is 0.326 e. The summed E-state index contributed by atoms with van der Waals surface area (Å²) in [5.41, 5.74) is 0.864. The largest absolute Gasteiger partial charge is 0.480 e. The number of hydrogen-bond acceptors (Lipinski definition) is 3. The van der Waals surface area contributed by atoms with Crippen molar-refractivity contribution in [1.29, 1.82) is 0 Å². The van der Waals surface area contributed by atoms with E-state index in [0.717, 1.165) is 18.5 Å². The predicted molar refractivity (Wildman–Crippen MR) is 84.8 cm³/mol. The lowest BCUT2D eigenvalue weighted by molar-refractivity contribution is -0.141. The first-order valence-electron chi connectivity index (χ1n) is 7.90. The minimum absolute atomic E-state index is 0.137. The zero-order valence-corrected chi connectivity index (χ0v) is 13.0. The molecule has 2 N–H and O–H groups in total. The molecule has 124 valence electrons. The Morgan fingerprint density at radius 2 is 2.00 bits per heavy atom. The van der Waals surface area contributed by atoms with Crippen LogP contribution in [0.2, 0.25) is 0 Å². The highest BCUT2D eigenvalue weighted by Crippen LogP contribution is 2.10. The zero-order chi connectivity index (χ0) is 16.7. The Bertz CT molecular complexity index is 559. The van der Waals surface area contributed by atoms with Gasteiger partial charge >= 0.3 is 5.97 Å². The van der Waals surface area contributed by atoms with Gasteiger partial charge in [0.05, 0.1) is 0 Å². The molecule has 2 amide bonds. The molecule has 1 atom stereocenters. The molecule has 6 nitrogen and oxygen atoms in total. The lowest BCUT2D eigenvalue weighted by Crippen LogP contribution is -2.42. The summed E-state index contributed by atoms with van der Waals surface area (Å²) in [6.45, 7) is 1.31. The van der Waals surface area contributed by atoms with Crippen molar-refractivity contribution in [3.8, 4) is 0 Å². The van der Waals surface area contributed by atoms with Gasteiger partial charge in [-0.05, 0) is 18.4 Å². The lowest BCUT2D eigenvalue weighted by atomic mass is 10.1. The van der Waals surface area contributed by atoms with Gasteiger partial charge in [0.15, 0.2) is 0 Å². The molecule has 1 aromatic carbocycles. The number of nitrogens with zero attached hydrogens (tertiary/aromatic N) is 1. The van der Waals surface area contributed by atoms with Crippen LogP contribution in [0, 0.1) is 0 Å². The summed E-state index contributed by atoms with van der Waals surface area (Å²) in [6, 6.07) is 8.27. The first-order chi connectivity index (χ1) is 11.1. The molecule has 0 aliphatic carbocycles. The van der Waals surface area contributed by atoms with E-state index in [9.17, 15) is 19.5 Å². The van der Waals surface area contributed by atoms with Crippen molar-refractivity contribution in [3.05, 3.63) is 35.9 Å². The number of carbonyl (C=O) groups excluding carboxylic acids is 2. The molecule has 2 rings (SSSR count). The second-order valence-electron chi connectivity index (χ2n) is 5.74. The van der Waals surface area contributed by atoms with Crippen LogP contribution in [0.1, 0.15) is 31.2 Å². The summed E-state index contributed by atoms with van der Waals surface area (Å²) >= 11 is 0. The minimum atomic E-state index is -1.04. The van der Waals surface area contributed by atoms with Crippen molar-refractivity contribution in [3.63, 3.8) is 0 Å². The van der Waals surface area contributed by atoms with Crippen LogP contribution in [-0.4, -0.2) is 46.9 Å². The summed E-state index contributed by atoms with van der Waals surface area (Å²) in [4.78, 5) is 36.4. The van der Waals surface area contributed by atoms with E-state index >= 15 is 0 Å². The van der Waals surface area contributed by atoms with Crippen LogP contribution in [0.25, 0.3) is 0 Å². The van der Waals surface area contributed by atoms with Gasteiger partial charge in [0, 0.05) is 32.4 Å². The summed E-state index contributed by atoms with van der Waals surface area (Å²) in [5.74, 6) is -1.20. The van der Waals surface area contributed by atoms with Crippen LogP contribution < -0.4 is 5.32 Å². The van der Waals surface area contributed by atoms with Gasteiger partial charge in [-0.2, -0.15) is 0 Å². The quantitative estimate of drug-likeness (QED) is 0.754. The van der Waals surface area contributed by atoms with Crippen LogP contribution in [0.3, 0.4) is 0 Å². The van der Waals surface area contributed by atoms with E-state index in [1.165, 1.54) is 0 Å². The van der Waals surface area contributed by atoms with Crippen molar-refractivity contribution in [1.82, 2.24) is 10.2 Å². The molecular weight excluding hydrogens is 296 g/mol. The number of carboxylic acids is 1. The maximum atomic E-state index is 11.9. The molecule has 0 spiro atoms. The molecule has 0 bridgehead atoms. The Kier molecular flexibility index (Phi) is 6.14. The minimum Gasteiger partial charge on any atom is -0.480 e. The van der Waals surface area contributed by atoms with Crippen molar-refractivity contribution in [2.45, 2.75) is 38.1 Å². The van der Waals surface area contributed by atoms with Crippen molar-refractivity contribution < 1.29 is 19.5 Å².